The van der Waals surface area contributed by atoms with Crippen molar-refractivity contribution in [2.24, 2.45) is 11.8 Å². The summed E-state index contributed by atoms with van der Waals surface area (Å²) in [5.74, 6) is 1.80. The van der Waals surface area contributed by atoms with Gasteiger partial charge in [0.1, 0.15) is 0 Å². The maximum Gasteiger partial charge on any atom is 0.00104 e. The molecular weight excluding hydrogens is 206 g/mol. The minimum absolute atomic E-state index is 0.620. The standard InChI is InChI=1S/C16H25N/c1-12(2)17-11-16-9-8-15(16)10-14-7-5-4-6-13(14)3/h4-7,12,15-17H,8-11H2,1-3H3. The molecule has 1 aliphatic carbocycles. The Balaban J connectivity index is 1.86. The third-order valence-corrected chi connectivity index (χ3v) is 4.11. The van der Waals surface area contributed by atoms with Gasteiger partial charge in [-0.2, -0.15) is 0 Å². The van der Waals surface area contributed by atoms with Gasteiger partial charge in [-0.15, -0.1) is 0 Å². The Morgan fingerprint density at radius 3 is 2.47 bits per heavy atom. The van der Waals surface area contributed by atoms with Crippen LogP contribution >= 0.6 is 0 Å². The van der Waals surface area contributed by atoms with Gasteiger partial charge in [-0.3, -0.25) is 0 Å². The molecule has 94 valence electrons. The van der Waals surface area contributed by atoms with E-state index in [-0.39, 0.29) is 0 Å². The van der Waals surface area contributed by atoms with Crippen molar-refractivity contribution in [3.8, 4) is 0 Å². The van der Waals surface area contributed by atoms with Crippen molar-refractivity contribution in [3.05, 3.63) is 35.4 Å². The van der Waals surface area contributed by atoms with Crippen LogP contribution in [0.25, 0.3) is 0 Å². The molecule has 0 aromatic heterocycles. The number of rotatable bonds is 5. The summed E-state index contributed by atoms with van der Waals surface area (Å²) in [6.07, 6.45) is 4.10. The second-order valence-corrected chi connectivity index (χ2v) is 5.79. The molecule has 1 nitrogen and oxygen atoms in total. The van der Waals surface area contributed by atoms with Crippen molar-refractivity contribution >= 4 is 0 Å². The highest BCUT2D eigenvalue weighted by Crippen LogP contribution is 2.36. The Kier molecular flexibility index (Phi) is 4.22. The molecule has 2 rings (SSSR count). The molecule has 0 saturated heterocycles. The number of aryl methyl sites for hydroxylation is 1. The second kappa shape index (κ2) is 5.68. The minimum atomic E-state index is 0.620. The molecule has 0 heterocycles. The lowest BCUT2D eigenvalue weighted by atomic mass is 9.70. The first kappa shape index (κ1) is 12.6. The zero-order valence-corrected chi connectivity index (χ0v) is 11.4. The van der Waals surface area contributed by atoms with E-state index in [1.54, 1.807) is 5.56 Å². The lowest BCUT2D eigenvalue weighted by Gasteiger charge is -2.38. The number of nitrogens with one attached hydrogen (secondary N) is 1. The monoisotopic (exact) mass is 231 g/mol. The zero-order valence-electron chi connectivity index (χ0n) is 11.4. The van der Waals surface area contributed by atoms with Gasteiger partial charge in [0.15, 0.2) is 0 Å². The average molecular weight is 231 g/mol. The summed E-state index contributed by atoms with van der Waals surface area (Å²) in [5.41, 5.74) is 3.00. The lowest BCUT2D eigenvalue weighted by Crippen LogP contribution is -2.38. The van der Waals surface area contributed by atoms with E-state index in [2.05, 4.69) is 50.4 Å². The summed E-state index contributed by atoms with van der Waals surface area (Å²) >= 11 is 0. The van der Waals surface area contributed by atoms with Crippen LogP contribution in [0.1, 0.15) is 37.8 Å². The van der Waals surface area contributed by atoms with Crippen molar-refractivity contribution in [2.75, 3.05) is 6.54 Å². The van der Waals surface area contributed by atoms with E-state index in [0.29, 0.717) is 6.04 Å². The molecule has 1 N–H and O–H groups in total. The summed E-state index contributed by atoms with van der Waals surface area (Å²) in [6.45, 7) is 7.90. The fourth-order valence-electron chi connectivity index (χ4n) is 2.68. The molecule has 1 aromatic rings. The van der Waals surface area contributed by atoms with Gasteiger partial charge in [0.05, 0.1) is 0 Å². The van der Waals surface area contributed by atoms with Crippen molar-refractivity contribution in [1.29, 1.82) is 0 Å². The topological polar surface area (TPSA) is 12.0 Å². The molecule has 2 unspecified atom stereocenters. The van der Waals surface area contributed by atoms with Crippen LogP contribution in [0.15, 0.2) is 24.3 Å². The van der Waals surface area contributed by atoms with Crippen LogP contribution in [-0.2, 0) is 6.42 Å². The second-order valence-electron chi connectivity index (χ2n) is 5.79. The maximum absolute atomic E-state index is 3.58. The quantitative estimate of drug-likeness (QED) is 0.817. The van der Waals surface area contributed by atoms with E-state index >= 15 is 0 Å². The van der Waals surface area contributed by atoms with Crippen molar-refractivity contribution in [1.82, 2.24) is 5.32 Å². The Morgan fingerprint density at radius 1 is 1.18 bits per heavy atom. The molecular formula is C16H25N. The maximum atomic E-state index is 3.58. The molecule has 1 fully saturated rings. The van der Waals surface area contributed by atoms with Gasteiger partial charge in [-0.05, 0) is 55.7 Å². The zero-order chi connectivity index (χ0) is 12.3. The highest BCUT2D eigenvalue weighted by atomic mass is 14.9. The first-order valence-electron chi connectivity index (χ1n) is 6.94. The average Bonchev–Trinajstić information content (AvgIpc) is 2.26. The summed E-state index contributed by atoms with van der Waals surface area (Å²) in [5, 5.41) is 3.58. The number of hydrogen-bond donors (Lipinski definition) is 1. The molecule has 0 aliphatic heterocycles. The number of benzene rings is 1. The highest BCUT2D eigenvalue weighted by molar-refractivity contribution is 5.26. The van der Waals surface area contributed by atoms with Crippen molar-refractivity contribution in [3.63, 3.8) is 0 Å². The van der Waals surface area contributed by atoms with E-state index in [0.717, 1.165) is 11.8 Å². The molecule has 0 radical (unpaired) electrons. The Morgan fingerprint density at radius 2 is 1.88 bits per heavy atom. The van der Waals surface area contributed by atoms with Gasteiger partial charge in [0.25, 0.3) is 0 Å². The lowest BCUT2D eigenvalue weighted by molar-refractivity contribution is 0.167. The summed E-state index contributed by atoms with van der Waals surface area (Å²) in [7, 11) is 0. The molecule has 0 spiro atoms. The molecule has 0 amide bonds. The van der Waals surface area contributed by atoms with Crippen LogP contribution in [0.3, 0.4) is 0 Å². The van der Waals surface area contributed by atoms with Crippen LogP contribution in [-0.4, -0.2) is 12.6 Å². The Hall–Kier alpha value is -0.820. The largest absolute Gasteiger partial charge is 0.314 e. The molecule has 17 heavy (non-hydrogen) atoms. The smallest absolute Gasteiger partial charge is 0.00104 e. The van der Waals surface area contributed by atoms with E-state index in [1.807, 2.05) is 0 Å². The van der Waals surface area contributed by atoms with Crippen LogP contribution in [0.2, 0.25) is 0 Å². The normalized spacial score (nSPS) is 23.8. The van der Waals surface area contributed by atoms with E-state index < -0.39 is 0 Å². The van der Waals surface area contributed by atoms with Gasteiger partial charge >= 0.3 is 0 Å². The Labute approximate surface area is 106 Å². The van der Waals surface area contributed by atoms with Gasteiger partial charge in [0, 0.05) is 6.04 Å². The summed E-state index contributed by atoms with van der Waals surface area (Å²) < 4.78 is 0. The highest BCUT2D eigenvalue weighted by Gasteiger charge is 2.30. The SMILES string of the molecule is Cc1ccccc1CC1CCC1CNC(C)C. The predicted molar refractivity (Wildman–Crippen MR) is 74.2 cm³/mol. The van der Waals surface area contributed by atoms with Crippen LogP contribution in [0.5, 0.6) is 0 Å². The van der Waals surface area contributed by atoms with Crippen LogP contribution < -0.4 is 5.32 Å². The van der Waals surface area contributed by atoms with E-state index in [9.17, 15) is 0 Å². The van der Waals surface area contributed by atoms with Gasteiger partial charge in [-0.25, -0.2) is 0 Å². The van der Waals surface area contributed by atoms with E-state index in [1.165, 1.54) is 31.4 Å². The third kappa shape index (κ3) is 3.32. The van der Waals surface area contributed by atoms with Crippen molar-refractivity contribution in [2.45, 2.75) is 46.1 Å². The first-order valence-corrected chi connectivity index (χ1v) is 6.94. The third-order valence-electron chi connectivity index (χ3n) is 4.11. The first-order chi connectivity index (χ1) is 8.16. The van der Waals surface area contributed by atoms with E-state index in [4.69, 9.17) is 0 Å². The molecule has 1 aromatic carbocycles. The number of hydrogen-bond acceptors (Lipinski definition) is 1. The molecule has 1 aliphatic rings. The van der Waals surface area contributed by atoms with Crippen LogP contribution in [0, 0.1) is 18.8 Å². The fourth-order valence-corrected chi connectivity index (χ4v) is 2.68. The van der Waals surface area contributed by atoms with Gasteiger partial charge < -0.3 is 5.32 Å². The molecule has 1 saturated carbocycles. The predicted octanol–water partition coefficient (Wildman–Crippen LogP) is 3.56. The molecule has 1 heteroatoms. The molecule has 0 bridgehead atoms. The Bertz CT molecular complexity index is 356. The fraction of sp³-hybridized carbons (Fsp3) is 0.625. The van der Waals surface area contributed by atoms with Crippen molar-refractivity contribution < 1.29 is 0 Å². The minimum Gasteiger partial charge on any atom is -0.314 e. The van der Waals surface area contributed by atoms with Gasteiger partial charge in [-0.1, -0.05) is 38.1 Å². The summed E-state index contributed by atoms with van der Waals surface area (Å²) in [6, 6.07) is 9.45. The van der Waals surface area contributed by atoms with Crippen LogP contribution in [0.4, 0.5) is 0 Å². The van der Waals surface area contributed by atoms with Gasteiger partial charge in [0.2, 0.25) is 0 Å². The summed E-state index contributed by atoms with van der Waals surface area (Å²) in [4.78, 5) is 0. The molecule has 2 atom stereocenters.